The van der Waals surface area contributed by atoms with Gasteiger partial charge < -0.3 is 136 Å². The molecule has 3 aliphatic rings. The number of methoxy groups -OCH3 is 1. The molecule has 6 rings (SSSR count). The number of nitrogens with two attached hydrogens (primary N) is 3. The highest BCUT2D eigenvalue weighted by atomic mass is 16.7. The van der Waals surface area contributed by atoms with Crippen LogP contribution < -0.4 is 80.4 Å². The molecule has 2 aliphatic carbocycles. The standard InChI is InChI=1S/C74H102N14O28/c1-31(2)21-43(68(107)82-42-24-54(115-34(5)59(42)98)116-50-26-74(113,51(95)30-92)25-39-56(50)63(102)58-57(61(39)100)60(99)38-11-10-13-49(114-7)55(38)62(58)101)84-72(111)47(28-90)88-73(112)48(29-91)87-67(106)41(18-19-52(76)96)81-69(108)44(22-36-14-16-37(94)17-15-36)85-71(110)46(27-89)86-65(104)33(4)79-66(105)40(12-8-9-20-75)80-70(109)45(23-53(77)97)83-64(103)32(3)78-35(6)93/h10-11,13-17,31-34,40-48,50,54,59,89-92,94,98,100,102,113H,8-9,12,18-30,75H2,1-7H3,(H2,76,96)(H2,77,97)(H,78,93)(H,79,105)(H,80,109)(H,81,108)(H,82,107)(H,83,103)(H,84,111)(H,85,110)(H,86,104)(H,87,106)(H,88,112)/t32-,33-,34-,40-,41-,42-,43-,44-,45-,46-,47-,48-,50-,54-,59+,74-/m0/s1. The van der Waals surface area contributed by atoms with Crippen LogP contribution in [0.1, 0.15) is 154 Å². The molecule has 1 aliphatic heterocycles. The SMILES string of the molecule is COc1cccc2c1C(=O)c1c(O)c3c(c(O)c1C2=O)C[C@@](O)(C(=O)CO)C[C@@H]3O[C@H]1C[C@H](NC(=O)[C@H](CC(C)C)NC(=O)[C@H](CO)NC(=O)[C@H](CO)NC(=O)[C@H](CCC(N)=O)NC(=O)[C@H](Cc2ccc(O)cc2)NC(=O)[C@H](CO)NC(=O)[C@H](C)NC(=O)[C@H](CCCCN)NC(=O)[C@H](CC(N)=O)NC(=O)[C@H](C)NC(C)=O)[C@H](O)[C@H](C)O1. The van der Waals surface area contributed by atoms with E-state index in [9.17, 15) is 123 Å². The summed E-state index contributed by atoms with van der Waals surface area (Å²) in [6.07, 6.45) is -10.2. The number of phenols is 3. The van der Waals surface area contributed by atoms with Gasteiger partial charge in [0.1, 0.15) is 102 Å². The second-order valence-corrected chi connectivity index (χ2v) is 28.8. The summed E-state index contributed by atoms with van der Waals surface area (Å²) in [7, 11) is 1.23. The van der Waals surface area contributed by atoms with Crippen LogP contribution in [0.15, 0.2) is 42.5 Å². The number of hydrogen-bond acceptors (Lipinski definition) is 29. The Bertz CT molecular complexity index is 4180. The molecule has 636 valence electrons. The summed E-state index contributed by atoms with van der Waals surface area (Å²) in [4.78, 5) is 216. The first kappa shape index (κ1) is 93.5. The Labute approximate surface area is 663 Å². The largest absolute Gasteiger partial charge is 0.508 e. The normalized spacial score (nSPS) is 20.0. The Morgan fingerprint density at radius 3 is 1.62 bits per heavy atom. The van der Waals surface area contributed by atoms with Crippen LogP contribution >= 0.6 is 0 Å². The number of hydrogen-bond donors (Lipinski definition) is 23. The summed E-state index contributed by atoms with van der Waals surface area (Å²) in [5, 5.41) is 124. The third-order valence-corrected chi connectivity index (χ3v) is 19.4. The van der Waals surface area contributed by atoms with Gasteiger partial charge >= 0.3 is 0 Å². The Morgan fingerprint density at radius 2 is 1.09 bits per heavy atom. The number of unbranched alkanes of at least 4 members (excludes halogenated alkanes) is 1. The molecular weight excluding hydrogens is 1530 g/mol. The molecule has 3 aromatic rings. The predicted octanol–water partition coefficient (Wildman–Crippen LogP) is -7.69. The van der Waals surface area contributed by atoms with E-state index < -0.39 is 296 Å². The highest BCUT2D eigenvalue weighted by molar-refractivity contribution is 6.31. The van der Waals surface area contributed by atoms with E-state index in [-0.39, 0.29) is 59.6 Å². The maximum atomic E-state index is 14.4. The zero-order chi connectivity index (χ0) is 86.5. The van der Waals surface area contributed by atoms with Gasteiger partial charge in [-0.25, -0.2) is 0 Å². The van der Waals surface area contributed by atoms with Gasteiger partial charge in [-0.15, -0.1) is 0 Å². The number of amides is 13. The van der Waals surface area contributed by atoms with Gasteiger partial charge in [-0.2, -0.15) is 0 Å². The topological polar surface area (TPSA) is 693 Å². The zero-order valence-corrected chi connectivity index (χ0v) is 64.6. The number of fused-ring (bicyclic) bond motifs is 3. The van der Waals surface area contributed by atoms with E-state index in [1.54, 1.807) is 13.8 Å². The first-order valence-electron chi connectivity index (χ1n) is 37.1. The third-order valence-electron chi connectivity index (χ3n) is 19.4. The van der Waals surface area contributed by atoms with Crippen molar-refractivity contribution in [3.63, 3.8) is 0 Å². The van der Waals surface area contributed by atoms with Gasteiger partial charge in [0.15, 0.2) is 17.9 Å². The lowest BCUT2D eigenvalue weighted by Gasteiger charge is -2.43. The number of aliphatic hydroxyl groups is 6. The average Bonchev–Trinajstić information content (AvgIpc) is 0.709. The summed E-state index contributed by atoms with van der Waals surface area (Å²) in [6.45, 7) is 3.58. The highest BCUT2D eigenvalue weighted by Gasteiger charge is 2.51. The highest BCUT2D eigenvalue weighted by Crippen LogP contribution is 2.53. The molecule has 0 spiro atoms. The molecule has 42 heteroatoms. The number of nitrogens with one attached hydrogen (secondary N) is 11. The average molecular weight is 1640 g/mol. The molecule has 116 heavy (non-hydrogen) atoms. The van der Waals surface area contributed by atoms with Crippen LogP contribution in [0.5, 0.6) is 23.0 Å². The van der Waals surface area contributed by atoms with Crippen LogP contribution in [0.4, 0.5) is 0 Å². The number of ether oxygens (including phenoxy) is 3. The minimum absolute atomic E-state index is 0.0481. The molecule has 16 atom stereocenters. The molecule has 0 unspecified atom stereocenters. The molecule has 42 nitrogen and oxygen atoms in total. The summed E-state index contributed by atoms with van der Waals surface area (Å²) in [5.41, 5.74) is 11.6. The number of primary amides is 2. The molecule has 0 radical (unpaired) electrons. The third kappa shape index (κ3) is 24.3. The predicted molar refractivity (Wildman–Crippen MR) is 400 cm³/mol. The number of rotatable bonds is 42. The Morgan fingerprint density at radius 1 is 0.586 bits per heavy atom. The first-order chi connectivity index (χ1) is 54.6. The number of aliphatic hydroxyl groups excluding tert-OH is 5. The lowest BCUT2D eigenvalue weighted by Crippen LogP contribution is -2.62. The number of aromatic hydroxyl groups is 3. The van der Waals surface area contributed by atoms with E-state index in [4.69, 9.17) is 31.4 Å². The van der Waals surface area contributed by atoms with Gasteiger partial charge in [0.25, 0.3) is 0 Å². The van der Waals surface area contributed by atoms with E-state index in [0.29, 0.717) is 6.42 Å². The molecule has 1 heterocycles. The van der Waals surface area contributed by atoms with Crippen LogP contribution in [-0.2, 0) is 89.4 Å². The monoisotopic (exact) mass is 1630 g/mol. The molecule has 1 saturated heterocycles. The maximum absolute atomic E-state index is 14.4. The van der Waals surface area contributed by atoms with E-state index in [0.717, 1.165) is 13.8 Å². The minimum atomic E-state index is -2.54. The van der Waals surface area contributed by atoms with Crippen molar-refractivity contribution in [2.24, 2.45) is 23.1 Å². The van der Waals surface area contributed by atoms with Crippen molar-refractivity contribution in [1.82, 2.24) is 58.5 Å². The number of phenolic OH excluding ortho intramolecular Hbond substituents is 3. The van der Waals surface area contributed by atoms with E-state index in [2.05, 4.69) is 58.5 Å². The first-order valence-corrected chi connectivity index (χ1v) is 37.1. The molecule has 13 amide bonds. The minimum Gasteiger partial charge on any atom is -0.508 e. The van der Waals surface area contributed by atoms with E-state index in [1.807, 2.05) is 0 Å². The van der Waals surface area contributed by atoms with Crippen molar-refractivity contribution in [3.8, 4) is 23.0 Å². The Hall–Kier alpha value is -11.4. The molecule has 0 saturated carbocycles. The lowest BCUT2D eigenvalue weighted by molar-refractivity contribution is -0.249. The van der Waals surface area contributed by atoms with Crippen molar-refractivity contribution in [1.29, 1.82) is 0 Å². The van der Waals surface area contributed by atoms with Crippen molar-refractivity contribution in [2.45, 2.75) is 209 Å². The van der Waals surface area contributed by atoms with Gasteiger partial charge in [-0.1, -0.05) is 38.1 Å². The maximum Gasteiger partial charge on any atom is 0.245 e. The fraction of sp³-hybridized carbons (Fsp3) is 0.541. The smallest absolute Gasteiger partial charge is 0.245 e. The van der Waals surface area contributed by atoms with Crippen molar-refractivity contribution in [2.75, 3.05) is 40.1 Å². The molecule has 0 bridgehead atoms. The van der Waals surface area contributed by atoms with Crippen molar-refractivity contribution in [3.05, 3.63) is 81.4 Å². The molecule has 0 aromatic heterocycles. The lowest BCUT2D eigenvalue weighted by atomic mass is 9.72. The van der Waals surface area contributed by atoms with Crippen LogP contribution in [0.2, 0.25) is 0 Å². The zero-order valence-electron chi connectivity index (χ0n) is 64.6. The van der Waals surface area contributed by atoms with E-state index >= 15 is 0 Å². The Kier molecular flexibility index (Phi) is 34.1. The van der Waals surface area contributed by atoms with Gasteiger partial charge in [0.2, 0.25) is 82.6 Å². The molecule has 3 aromatic carbocycles. The summed E-state index contributed by atoms with van der Waals surface area (Å²) in [6, 6.07) is -9.16. The molecule has 26 N–H and O–H groups in total. The van der Waals surface area contributed by atoms with Crippen LogP contribution in [0.25, 0.3) is 0 Å². The number of ketones is 3. The number of carbonyl (C=O) groups excluding carboxylic acids is 16. The number of carbonyl (C=O) groups is 16. The van der Waals surface area contributed by atoms with Crippen LogP contribution in [0.3, 0.4) is 0 Å². The van der Waals surface area contributed by atoms with Crippen LogP contribution in [0, 0.1) is 5.92 Å². The summed E-state index contributed by atoms with van der Waals surface area (Å²) in [5.74, 6) is -19.5. The summed E-state index contributed by atoms with van der Waals surface area (Å²) >= 11 is 0. The summed E-state index contributed by atoms with van der Waals surface area (Å²) < 4.78 is 17.6. The van der Waals surface area contributed by atoms with Crippen molar-refractivity contribution < 1.29 is 137 Å². The fourth-order valence-corrected chi connectivity index (χ4v) is 13.2. The van der Waals surface area contributed by atoms with Gasteiger partial charge in [-0.05, 0) is 89.1 Å². The van der Waals surface area contributed by atoms with Gasteiger partial charge in [0, 0.05) is 55.7 Å². The quantitative estimate of drug-likeness (QED) is 0.0145. The van der Waals surface area contributed by atoms with Crippen molar-refractivity contribution >= 4 is 94.1 Å². The molecule has 1 fully saturated rings. The fourth-order valence-electron chi connectivity index (χ4n) is 13.2. The Balaban J connectivity index is 1.14. The number of Topliss-reactive ketones (excluding diaryl/α,β-unsaturated/α-hetero) is 1. The second kappa shape index (κ2) is 42.3. The van der Waals surface area contributed by atoms with Gasteiger partial charge in [-0.3, -0.25) is 76.7 Å². The van der Waals surface area contributed by atoms with E-state index in [1.165, 1.54) is 63.4 Å². The molecular formula is C74H102N14O28. The second-order valence-electron chi connectivity index (χ2n) is 28.8. The van der Waals surface area contributed by atoms with Gasteiger partial charge in [0.05, 0.1) is 68.3 Å². The number of benzene rings is 3. The van der Waals surface area contributed by atoms with Crippen LogP contribution in [-0.4, -0.2) is 271 Å².